The van der Waals surface area contributed by atoms with Crippen LogP contribution in [0.4, 0.5) is 0 Å². The zero-order valence-corrected chi connectivity index (χ0v) is 13.2. The van der Waals surface area contributed by atoms with Gasteiger partial charge in [0, 0.05) is 6.54 Å². The van der Waals surface area contributed by atoms with Crippen molar-refractivity contribution in [2.24, 2.45) is 23.2 Å². The second-order valence-electron chi connectivity index (χ2n) is 7.00. The van der Waals surface area contributed by atoms with Crippen LogP contribution in [-0.4, -0.2) is 23.7 Å². The van der Waals surface area contributed by atoms with E-state index in [0.717, 1.165) is 6.42 Å². The Kier molecular flexibility index (Phi) is 5.19. The van der Waals surface area contributed by atoms with E-state index in [2.05, 4.69) is 46.0 Å². The van der Waals surface area contributed by atoms with Gasteiger partial charge in [-0.2, -0.15) is 0 Å². The lowest BCUT2D eigenvalue weighted by Gasteiger charge is -2.14. The molecule has 4 atom stereocenters. The Morgan fingerprint density at radius 3 is 2.42 bits per heavy atom. The molecule has 2 N–H and O–H groups in total. The minimum absolute atomic E-state index is 0.0782. The SMILES string of the molecule is CC(C)=C[C@@H]1[C@H](C(=O)NC[C@@H](C)C[C@@H](C)O)C1(C)C. The normalized spacial score (nSPS) is 27.3. The van der Waals surface area contributed by atoms with Gasteiger partial charge in [-0.05, 0) is 44.4 Å². The van der Waals surface area contributed by atoms with Gasteiger partial charge in [0.1, 0.15) is 0 Å². The molecule has 1 rings (SSSR count). The van der Waals surface area contributed by atoms with E-state index >= 15 is 0 Å². The van der Waals surface area contributed by atoms with Gasteiger partial charge in [-0.25, -0.2) is 0 Å². The van der Waals surface area contributed by atoms with E-state index in [1.807, 2.05) is 0 Å². The topological polar surface area (TPSA) is 49.3 Å². The molecule has 0 saturated heterocycles. The van der Waals surface area contributed by atoms with Crippen LogP contribution in [0.1, 0.15) is 48.0 Å². The molecular formula is C16H29NO2. The lowest BCUT2D eigenvalue weighted by molar-refractivity contribution is -0.123. The highest BCUT2D eigenvalue weighted by molar-refractivity contribution is 5.83. The number of hydrogen-bond donors (Lipinski definition) is 2. The Balaban J connectivity index is 2.45. The summed E-state index contributed by atoms with van der Waals surface area (Å²) in [4.78, 5) is 12.2. The molecule has 0 aromatic heterocycles. The number of allylic oxidation sites excluding steroid dienone is 2. The number of rotatable bonds is 6. The van der Waals surface area contributed by atoms with Crippen molar-refractivity contribution in [3.8, 4) is 0 Å². The molecule has 19 heavy (non-hydrogen) atoms. The fourth-order valence-electron chi connectivity index (χ4n) is 2.90. The van der Waals surface area contributed by atoms with E-state index in [0.29, 0.717) is 18.4 Å². The Morgan fingerprint density at radius 1 is 1.37 bits per heavy atom. The minimum atomic E-state index is -0.303. The summed E-state index contributed by atoms with van der Waals surface area (Å²) in [7, 11) is 0. The highest BCUT2D eigenvalue weighted by Crippen LogP contribution is 2.59. The number of nitrogens with one attached hydrogen (secondary N) is 1. The summed E-state index contributed by atoms with van der Waals surface area (Å²) in [6, 6.07) is 0. The predicted octanol–water partition coefficient (Wildman–Crippen LogP) is 2.75. The molecule has 1 amide bonds. The van der Waals surface area contributed by atoms with Gasteiger partial charge in [0.25, 0.3) is 0 Å². The van der Waals surface area contributed by atoms with Crippen LogP contribution in [0.3, 0.4) is 0 Å². The number of aliphatic hydroxyl groups is 1. The first-order valence-electron chi connectivity index (χ1n) is 7.27. The van der Waals surface area contributed by atoms with Gasteiger partial charge in [-0.3, -0.25) is 4.79 Å². The third kappa shape index (κ3) is 4.34. The molecule has 0 aromatic carbocycles. The number of aliphatic hydroxyl groups excluding tert-OH is 1. The zero-order chi connectivity index (χ0) is 14.8. The van der Waals surface area contributed by atoms with Crippen molar-refractivity contribution in [1.29, 1.82) is 0 Å². The van der Waals surface area contributed by atoms with Crippen molar-refractivity contribution < 1.29 is 9.90 Å². The zero-order valence-electron chi connectivity index (χ0n) is 13.2. The highest BCUT2D eigenvalue weighted by Gasteiger charge is 2.60. The van der Waals surface area contributed by atoms with Crippen LogP contribution in [0.5, 0.6) is 0 Å². The van der Waals surface area contributed by atoms with Crippen LogP contribution >= 0.6 is 0 Å². The molecule has 1 aliphatic rings. The molecule has 0 aliphatic heterocycles. The summed E-state index contributed by atoms with van der Waals surface area (Å²) in [6.07, 6.45) is 2.64. The van der Waals surface area contributed by atoms with Crippen molar-refractivity contribution >= 4 is 5.91 Å². The smallest absolute Gasteiger partial charge is 0.224 e. The van der Waals surface area contributed by atoms with E-state index in [-0.39, 0.29) is 23.3 Å². The van der Waals surface area contributed by atoms with Crippen LogP contribution in [0.2, 0.25) is 0 Å². The Morgan fingerprint density at radius 2 is 1.95 bits per heavy atom. The number of hydrogen-bond acceptors (Lipinski definition) is 2. The van der Waals surface area contributed by atoms with Gasteiger partial charge >= 0.3 is 0 Å². The van der Waals surface area contributed by atoms with Crippen LogP contribution in [0, 0.1) is 23.2 Å². The predicted molar refractivity (Wildman–Crippen MR) is 78.7 cm³/mol. The number of amides is 1. The lowest BCUT2D eigenvalue weighted by atomic mass is 10.0. The molecule has 0 aromatic rings. The van der Waals surface area contributed by atoms with Crippen molar-refractivity contribution in [2.75, 3.05) is 6.54 Å². The molecular weight excluding hydrogens is 238 g/mol. The number of carbonyl (C=O) groups excluding carboxylic acids is 1. The van der Waals surface area contributed by atoms with Crippen molar-refractivity contribution in [3.05, 3.63) is 11.6 Å². The molecule has 1 aliphatic carbocycles. The number of carbonyl (C=O) groups is 1. The van der Waals surface area contributed by atoms with Gasteiger partial charge in [0.05, 0.1) is 12.0 Å². The summed E-state index contributed by atoms with van der Waals surface area (Å²) >= 11 is 0. The Hall–Kier alpha value is -0.830. The maximum absolute atomic E-state index is 12.2. The van der Waals surface area contributed by atoms with Gasteiger partial charge in [-0.15, -0.1) is 0 Å². The summed E-state index contributed by atoms with van der Waals surface area (Å²) < 4.78 is 0. The fourth-order valence-corrected chi connectivity index (χ4v) is 2.90. The first-order chi connectivity index (χ1) is 8.66. The molecule has 0 spiro atoms. The third-order valence-electron chi connectivity index (χ3n) is 4.07. The Labute approximate surface area is 117 Å². The second-order valence-corrected chi connectivity index (χ2v) is 7.00. The quantitative estimate of drug-likeness (QED) is 0.727. The summed E-state index contributed by atoms with van der Waals surface area (Å²) in [5, 5.41) is 12.3. The molecule has 3 heteroatoms. The van der Waals surface area contributed by atoms with Gasteiger partial charge < -0.3 is 10.4 Å². The van der Waals surface area contributed by atoms with Crippen LogP contribution in [0.15, 0.2) is 11.6 Å². The molecule has 1 fully saturated rings. The van der Waals surface area contributed by atoms with Gasteiger partial charge in [0.15, 0.2) is 0 Å². The molecule has 110 valence electrons. The maximum Gasteiger partial charge on any atom is 0.224 e. The average molecular weight is 267 g/mol. The average Bonchev–Trinajstić information content (AvgIpc) is 2.75. The Bertz CT molecular complexity index is 354. The van der Waals surface area contributed by atoms with Gasteiger partial charge in [-0.1, -0.05) is 32.4 Å². The van der Waals surface area contributed by atoms with E-state index in [9.17, 15) is 9.90 Å². The summed E-state index contributed by atoms with van der Waals surface area (Å²) in [6.45, 7) is 13.0. The van der Waals surface area contributed by atoms with Crippen molar-refractivity contribution in [3.63, 3.8) is 0 Å². The molecule has 0 bridgehead atoms. The van der Waals surface area contributed by atoms with E-state index in [4.69, 9.17) is 0 Å². The van der Waals surface area contributed by atoms with Crippen LogP contribution in [0.25, 0.3) is 0 Å². The molecule has 1 saturated carbocycles. The third-order valence-corrected chi connectivity index (χ3v) is 4.07. The largest absolute Gasteiger partial charge is 0.393 e. The van der Waals surface area contributed by atoms with Crippen molar-refractivity contribution in [1.82, 2.24) is 5.32 Å². The first kappa shape index (κ1) is 16.2. The molecule has 0 radical (unpaired) electrons. The van der Waals surface area contributed by atoms with Crippen LogP contribution in [-0.2, 0) is 4.79 Å². The van der Waals surface area contributed by atoms with Gasteiger partial charge in [0.2, 0.25) is 5.91 Å². The monoisotopic (exact) mass is 267 g/mol. The van der Waals surface area contributed by atoms with E-state index in [1.165, 1.54) is 5.57 Å². The highest BCUT2D eigenvalue weighted by atomic mass is 16.3. The molecule has 0 heterocycles. The lowest BCUT2D eigenvalue weighted by Crippen LogP contribution is -2.31. The first-order valence-corrected chi connectivity index (χ1v) is 7.27. The summed E-state index contributed by atoms with van der Waals surface area (Å²) in [5.41, 5.74) is 1.35. The van der Waals surface area contributed by atoms with Crippen LogP contribution < -0.4 is 5.32 Å². The van der Waals surface area contributed by atoms with E-state index < -0.39 is 0 Å². The van der Waals surface area contributed by atoms with E-state index in [1.54, 1.807) is 6.92 Å². The standard InChI is InChI=1S/C16H29NO2/c1-10(2)7-13-14(16(13,5)6)15(19)17-9-11(3)8-12(4)18/h7,11-14,18H,8-9H2,1-6H3,(H,17,19)/t11-,12+,13+,14+/m0/s1. The minimum Gasteiger partial charge on any atom is -0.393 e. The maximum atomic E-state index is 12.2. The second kappa shape index (κ2) is 6.08. The fraction of sp³-hybridized carbons (Fsp3) is 0.812. The molecule has 0 unspecified atom stereocenters. The summed E-state index contributed by atoms with van der Waals surface area (Å²) in [5.74, 6) is 0.934. The molecule has 3 nitrogen and oxygen atoms in total. The van der Waals surface area contributed by atoms with Crippen molar-refractivity contribution in [2.45, 2.75) is 54.1 Å².